The van der Waals surface area contributed by atoms with Crippen molar-refractivity contribution in [3.8, 4) is 11.9 Å². The maximum Gasteiger partial charge on any atom is 0.184 e. The van der Waals surface area contributed by atoms with E-state index in [-0.39, 0.29) is 0 Å². The molecule has 0 aliphatic heterocycles. The molecule has 0 fully saturated rings. The van der Waals surface area contributed by atoms with Gasteiger partial charge in [-0.1, -0.05) is 41.1 Å². The lowest BCUT2D eigenvalue weighted by atomic mass is 10.2. The zero-order valence-corrected chi connectivity index (χ0v) is 12.4. The summed E-state index contributed by atoms with van der Waals surface area (Å²) < 4.78 is 1.72. The quantitative estimate of drug-likeness (QED) is 0.547. The molecular formula is C16H12ClN5. The SMILES string of the molecule is N#CN(Cc1cnnn1-c1ccccc1)c1cccc(Cl)c1. The van der Waals surface area contributed by atoms with E-state index >= 15 is 0 Å². The normalized spacial score (nSPS) is 10.2. The molecule has 0 bridgehead atoms. The maximum absolute atomic E-state index is 9.41. The van der Waals surface area contributed by atoms with Crippen LogP contribution in [-0.4, -0.2) is 15.0 Å². The molecule has 3 aromatic rings. The Morgan fingerprint density at radius 2 is 1.95 bits per heavy atom. The monoisotopic (exact) mass is 309 g/mol. The van der Waals surface area contributed by atoms with Crippen LogP contribution in [0.5, 0.6) is 0 Å². The highest BCUT2D eigenvalue weighted by atomic mass is 35.5. The lowest BCUT2D eigenvalue weighted by Crippen LogP contribution is -2.18. The summed E-state index contributed by atoms with van der Waals surface area (Å²) in [6.45, 7) is 0.360. The Morgan fingerprint density at radius 1 is 1.14 bits per heavy atom. The van der Waals surface area contributed by atoms with E-state index in [4.69, 9.17) is 11.6 Å². The van der Waals surface area contributed by atoms with Gasteiger partial charge in [0.25, 0.3) is 0 Å². The van der Waals surface area contributed by atoms with Gasteiger partial charge in [-0.2, -0.15) is 5.26 Å². The first kappa shape index (κ1) is 14.1. The van der Waals surface area contributed by atoms with Crippen molar-refractivity contribution in [3.63, 3.8) is 0 Å². The van der Waals surface area contributed by atoms with Gasteiger partial charge >= 0.3 is 0 Å². The van der Waals surface area contributed by atoms with Crippen LogP contribution in [0.1, 0.15) is 5.69 Å². The van der Waals surface area contributed by atoms with Crippen LogP contribution in [0.15, 0.2) is 60.8 Å². The molecule has 6 heteroatoms. The van der Waals surface area contributed by atoms with E-state index in [9.17, 15) is 5.26 Å². The molecule has 1 heterocycles. The molecule has 2 aromatic carbocycles. The van der Waals surface area contributed by atoms with Crippen LogP contribution in [-0.2, 0) is 6.54 Å². The molecular weight excluding hydrogens is 298 g/mol. The van der Waals surface area contributed by atoms with Crippen molar-refractivity contribution in [1.29, 1.82) is 5.26 Å². The molecule has 1 aromatic heterocycles. The zero-order chi connectivity index (χ0) is 15.4. The van der Waals surface area contributed by atoms with Crippen LogP contribution in [0.3, 0.4) is 0 Å². The predicted octanol–water partition coefficient (Wildman–Crippen LogP) is 3.41. The zero-order valence-electron chi connectivity index (χ0n) is 11.6. The Hall–Kier alpha value is -2.84. The highest BCUT2D eigenvalue weighted by Gasteiger charge is 2.12. The number of hydrogen-bond acceptors (Lipinski definition) is 4. The summed E-state index contributed by atoms with van der Waals surface area (Å²) in [5, 5.41) is 18.0. The van der Waals surface area contributed by atoms with Gasteiger partial charge in [-0.25, -0.2) is 4.68 Å². The summed E-state index contributed by atoms with van der Waals surface area (Å²) in [7, 11) is 0. The molecule has 0 spiro atoms. The fourth-order valence-electron chi connectivity index (χ4n) is 2.14. The topological polar surface area (TPSA) is 57.7 Å². The first-order chi connectivity index (χ1) is 10.8. The molecule has 0 unspecified atom stereocenters. The minimum atomic E-state index is 0.360. The first-order valence-corrected chi connectivity index (χ1v) is 7.03. The Bertz CT molecular complexity index is 807. The second-order valence-corrected chi connectivity index (χ2v) is 5.08. The summed E-state index contributed by atoms with van der Waals surface area (Å²) >= 11 is 5.99. The summed E-state index contributed by atoms with van der Waals surface area (Å²) in [5.74, 6) is 0. The molecule has 108 valence electrons. The van der Waals surface area contributed by atoms with Gasteiger partial charge in [0.05, 0.1) is 29.8 Å². The van der Waals surface area contributed by atoms with E-state index in [1.807, 2.05) is 42.5 Å². The van der Waals surface area contributed by atoms with E-state index in [1.165, 1.54) is 0 Å². The smallest absolute Gasteiger partial charge is 0.184 e. The number of nitrogens with zero attached hydrogens (tertiary/aromatic N) is 5. The molecule has 22 heavy (non-hydrogen) atoms. The summed E-state index contributed by atoms with van der Waals surface area (Å²) in [6, 6.07) is 16.9. The number of rotatable bonds is 4. The van der Waals surface area contributed by atoms with Gasteiger partial charge in [0, 0.05) is 5.02 Å². The first-order valence-electron chi connectivity index (χ1n) is 6.66. The van der Waals surface area contributed by atoms with Crippen molar-refractivity contribution in [2.45, 2.75) is 6.54 Å². The van der Waals surface area contributed by atoms with Crippen LogP contribution in [0.4, 0.5) is 5.69 Å². The molecule has 0 saturated carbocycles. The summed E-state index contributed by atoms with van der Waals surface area (Å²) in [5.41, 5.74) is 2.45. The second-order valence-electron chi connectivity index (χ2n) is 4.64. The van der Waals surface area contributed by atoms with Gasteiger partial charge in [-0.05, 0) is 30.3 Å². The molecule has 5 nitrogen and oxygen atoms in total. The standard InChI is InChI=1S/C16H12ClN5/c17-13-5-4-8-15(9-13)21(12-18)11-16-10-19-20-22(16)14-6-2-1-3-7-14/h1-10H,11H2. The van der Waals surface area contributed by atoms with Crippen molar-refractivity contribution in [1.82, 2.24) is 15.0 Å². The average molecular weight is 310 g/mol. The Kier molecular flexibility index (Phi) is 4.03. The van der Waals surface area contributed by atoms with Crippen molar-refractivity contribution in [3.05, 3.63) is 71.5 Å². The van der Waals surface area contributed by atoms with Crippen molar-refractivity contribution in [2.75, 3.05) is 4.90 Å². The third kappa shape index (κ3) is 2.92. The molecule has 0 N–H and O–H groups in total. The minimum Gasteiger partial charge on any atom is -0.273 e. The average Bonchev–Trinajstić information content (AvgIpc) is 3.01. The molecule has 0 aliphatic carbocycles. The number of benzene rings is 2. The van der Waals surface area contributed by atoms with Crippen LogP contribution in [0.25, 0.3) is 5.69 Å². The van der Waals surface area contributed by atoms with E-state index in [1.54, 1.807) is 27.9 Å². The van der Waals surface area contributed by atoms with E-state index < -0.39 is 0 Å². The number of anilines is 1. The molecule has 0 amide bonds. The van der Waals surface area contributed by atoms with Crippen molar-refractivity contribution in [2.24, 2.45) is 0 Å². The highest BCUT2D eigenvalue weighted by molar-refractivity contribution is 6.30. The lowest BCUT2D eigenvalue weighted by Gasteiger charge is -2.16. The highest BCUT2D eigenvalue weighted by Crippen LogP contribution is 2.21. The van der Waals surface area contributed by atoms with E-state index in [2.05, 4.69) is 16.5 Å². The minimum absolute atomic E-state index is 0.360. The van der Waals surface area contributed by atoms with E-state index in [0.29, 0.717) is 11.6 Å². The Labute approximate surface area is 133 Å². The van der Waals surface area contributed by atoms with Gasteiger partial charge in [0.1, 0.15) is 0 Å². The fourth-order valence-corrected chi connectivity index (χ4v) is 2.33. The fraction of sp³-hybridized carbons (Fsp3) is 0.0625. The third-order valence-electron chi connectivity index (χ3n) is 3.18. The number of aromatic nitrogens is 3. The Morgan fingerprint density at radius 3 is 2.68 bits per heavy atom. The summed E-state index contributed by atoms with van der Waals surface area (Å²) in [4.78, 5) is 1.55. The predicted molar refractivity (Wildman–Crippen MR) is 84.6 cm³/mol. The van der Waals surface area contributed by atoms with Crippen LogP contribution in [0.2, 0.25) is 5.02 Å². The van der Waals surface area contributed by atoms with Crippen LogP contribution < -0.4 is 4.90 Å². The van der Waals surface area contributed by atoms with E-state index in [0.717, 1.165) is 17.1 Å². The van der Waals surface area contributed by atoms with Gasteiger partial charge in [0.15, 0.2) is 6.19 Å². The van der Waals surface area contributed by atoms with Gasteiger partial charge in [-0.15, -0.1) is 5.10 Å². The second kappa shape index (κ2) is 6.29. The largest absolute Gasteiger partial charge is 0.273 e. The molecule has 0 atom stereocenters. The summed E-state index contributed by atoms with van der Waals surface area (Å²) in [6.07, 6.45) is 3.82. The van der Waals surface area contributed by atoms with Gasteiger partial charge in [-0.3, -0.25) is 4.90 Å². The van der Waals surface area contributed by atoms with Gasteiger partial charge in [0.2, 0.25) is 0 Å². The van der Waals surface area contributed by atoms with Gasteiger partial charge < -0.3 is 0 Å². The number of hydrogen-bond donors (Lipinski definition) is 0. The van der Waals surface area contributed by atoms with Crippen LogP contribution >= 0.6 is 11.6 Å². The number of nitriles is 1. The number of halogens is 1. The molecule has 3 rings (SSSR count). The Balaban J connectivity index is 1.90. The number of para-hydroxylation sites is 1. The van der Waals surface area contributed by atoms with Crippen molar-refractivity contribution < 1.29 is 0 Å². The lowest BCUT2D eigenvalue weighted by molar-refractivity contribution is 0.755. The molecule has 0 aliphatic rings. The maximum atomic E-state index is 9.41. The third-order valence-corrected chi connectivity index (χ3v) is 3.42. The van der Waals surface area contributed by atoms with Crippen LogP contribution in [0, 0.1) is 11.5 Å². The molecule has 0 radical (unpaired) electrons. The molecule has 0 saturated heterocycles. The van der Waals surface area contributed by atoms with Crippen molar-refractivity contribution >= 4 is 17.3 Å².